The van der Waals surface area contributed by atoms with Gasteiger partial charge in [-0.05, 0) is 12.8 Å². The van der Waals surface area contributed by atoms with Crippen molar-refractivity contribution >= 4 is 11.9 Å². The summed E-state index contributed by atoms with van der Waals surface area (Å²) in [7, 11) is 0. The van der Waals surface area contributed by atoms with Crippen LogP contribution in [0.4, 0.5) is 0 Å². The summed E-state index contributed by atoms with van der Waals surface area (Å²) in [6.45, 7) is 3.82. The minimum absolute atomic E-state index is 0.107. The number of aliphatic hydroxyl groups is 2. The van der Waals surface area contributed by atoms with Gasteiger partial charge in [-0.3, -0.25) is 9.59 Å². The van der Waals surface area contributed by atoms with Crippen molar-refractivity contribution in [3.8, 4) is 0 Å². The highest BCUT2D eigenvalue weighted by Gasteiger charge is 2.07. The maximum absolute atomic E-state index is 11.1. The van der Waals surface area contributed by atoms with E-state index in [1.165, 1.54) is 32.1 Å². The van der Waals surface area contributed by atoms with E-state index in [1.807, 2.05) is 0 Å². The molecule has 0 aromatic rings. The van der Waals surface area contributed by atoms with Gasteiger partial charge < -0.3 is 20.1 Å². The first-order chi connectivity index (χ1) is 12.0. The summed E-state index contributed by atoms with van der Waals surface area (Å²) in [6.07, 6.45) is 10.8. The number of unbranched alkanes of at least 4 members (excludes halogenated alkanes) is 8. The number of carbonyl (C=O) groups is 2. The minimum Gasteiger partial charge on any atom is -0.481 e. The van der Waals surface area contributed by atoms with Gasteiger partial charge in [0, 0.05) is 12.8 Å². The molecule has 0 fully saturated rings. The summed E-state index contributed by atoms with van der Waals surface area (Å²) in [5.41, 5.74) is 0. The van der Waals surface area contributed by atoms with Crippen molar-refractivity contribution in [2.24, 2.45) is 0 Å². The number of ether oxygens (including phenoxy) is 1. The molecule has 0 bridgehead atoms. The normalized spacial score (nSPS) is 11.4. The number of carboxylic acid groups (broad SMARTS) is 1. The van der Waals surface area contributed by atoms with Gasteiger partial charge in [0.05, 0.1) is 6.61 Å². The number of aliphatic carboxylic acids is 1. The number of hydrogen-bond donors (Lipinski definition) is 3. The van der Waals surface area contributed by atoms with Crippen LogP contribution < -0.4 is 0 Å². The number of esters is 1. The SMILES string of the molecule is CCCCCCCC(=O)O.CCCCCCCC(=O)OCC(O)CO. The van der Waals surface area contributed by atoms with Crippen molar-refractivity contribution in [3.63, 3.8) is 0 Å². The van der Waals surface area contributed by atoms with Crippen molar-refractivity contribution in [1.29, 1.82) is 0 Å². The fraction of sp³-hybridized carbons (Fsp3) is 0.895. The Labute approximate surface area is 152 Å². The molecule has 0 saturated heterocycles. The fourth-order valence-electron chi connectivity index (χ4n) is 2.07. The van der Waals surface area contributed by atoms with E-state index in [1.54, 1.807) is 0 Å². The Balaban J connectivity index is 0. The molecule has 0 aliphatic heterocycles. The second-order valence-corrected chi connectivity index (χ2v) is 6.24. The molecule has 3 N–H and O–H groups in total. The fourth-order valence-corrected chi connectivity index (χ4v) is 2.07. The zero-order chi connectivity index (χ0) is 19.3. The molecule has 0 aliphatic carbocycles. The molecular formula is C19H38O6. The standard InChI is InChI=1S/C11H22O4.C8H16O2/c1-2-3-4-5-6-7-11(14)15-9-10(13)8-12;1-2-3-4-5-6-7-8(9)10/h10,12-13H,2-9H2,1H3;2-7H2,1H3,(H,9,10). The van der Waals surface area contributed by atoms with E-state index in [0.717, 1.165) is 32.1 Å². The molecule has 0 heterocycles. The largest absolute Gasteiger partial charge is 0.481 e. The van der Waals surface area contributed by atoms with Crippen LogP contribution in [0.25, 0.3) is 0 Å². The Hall–Kier alpha value is -1.14. The van der Waals surface area contributed by atoms with E-state index in [2.05, 4.69) is 13.8 Å². The summed E-state index contributed by atoms with van der Waals surface area (Å²) in [5.74, 6) is -0.963. The molecule has 0 saturated carbocycles. The van der Waals surface area contributed by atoms with Crippen LogP contribution in [0.2, 0.25) is 0 Å². The molecule has 6 heteroatoms. The second kappa shape index (κ2) is 20.9. The first-order valence-electron chi connectivity index (χ1n) is 9.64. The van der Waals surface area contributed by atoms with Crippen molar-refractivity contribution in [2.75, 3.05) is 13.2 Å². The second-order valence-electron chi connectivity index (χ2n) is 6.24. The third-order valence-electron chi connectivity index (χ3n) is 3.63. The van der Waals surface area contributed by atoms with Gasteiger partial charge in [-0.15, -0.1) is 0 Å². The maximum Gasteiger partial charge on any atom is 0.305 e. The molecule has 0 rings (SSSR count). The first kappa shape index (κ1) is 26.1. The van der Waals surface area contributed by atoms with Crippen molar-refractivity contribution in [3.05, 3.63) is 0 Å². The molecule has 0 amide bonds. The summed E-state index contributed by atoms with van der Waals surface area (Å²) in [5, 5.41) is 25.7. The molecule has 150 valence electrons. The minimum atomic E-state index is -0.950. The van der Waals surface area contributed by atoms with Gasteiger partial charge in [-0.1, -0.05) is 65.2 Å². The van der Waals surface area contributed by atoms with E-state index >= 15 is 0 Å². The monoisotopic (exact) mass is 362 g/mol. The number of carboxylic acids is 1. The zero-order valence-corrected chi connectivity index (χ0v) is 16.0. The van der Waals surface area contributed by atoms with E-state index < -0.39 is 12.1 Å². The highest BCUT2D eigenvalue weighted by molar-refractivity contribution is 5.69. The summed E-state index contributed by atoms with van der Waals surface area (Å²) >= 11 is 0. The molecule has 0 aromatic heterocycles. The van der Waals surface area contributed by atoms with Gasteiger partial charge in [0.2, 0.25) is 0 Å². The number of carbonyl (C=O) groups excluding carboxylic acids is 1. The molecule has 1 unspecified atom stereocenters. The maximum atomic E-state index is 11.1. The van der Waals surface area contributed by atoms with Crippen LogP contribution in [0, 0.1) is 0 Å². The van der Waals surface area contributed by atoms with Crippen molar-refractivity contribution in [1.82, 2.24) is 0 Å². The van der Waals surface area contributed by atoms with Gasteiger partial charge in [-0.2, -0.15) is 0 Å². The number of rotatable bonds is 15. The van der Waals surface area contributed by atoms with Crippen molar-refractivity contribution < 1.29 is 29.6 Å². The molecule has 6 nitrogen and oxygen atoms in total. The van der Waals surface area contributed by atoms with E-state index in [-0.39, 0.29) is 19.2 Å². The Kier molecular flexibility index (Phi) is 21.8. The lowest BCUT2D eigenvalue weighted by molar-refractivity contribution is -0.147. The van der Waals surface area contributed by atoms with Crippen molar-refractivity contribution in [2.45, 2.75) is 97.0 Å². The van der Waals surface area contributed by atoms with Gasteiger partial charge in [0.1, 0.15) is 12.7 Å². The third-order valence-corrected chi connectivity index (χ3v) is 3.63. The van der Waals surface area contributed by atoms with E-state index in [4.69, 9.17) is 20.1 Å². The zero-order valence-electron chi connectivity index (χ0n) is 16.0. The molecule has 0 radical (unpaired) electrons. The smallest absolute Gasteiger partial charge is 0.305 e. The summed E-state index contributed by atoms with van der Waals surface area (Å²) < 4.78 is 4.75. The quantitative estimate of drug-likeness (QED) is 0.303. The number of aliphatic hydroxyl groups excluding tert-OH is 2. The summed E-state index contributed by atoms with van der Waals surface area (Å²) in [6, 6.07) is 0. The van der Waals surface area contributed by atoms with Gasteiger partial charge >= 0.3 is 11.9 Å². The lowest BCUT2D eigenvalue weighted by Gasteiger charge is -2.08. The van der Waals surface area contributed by atoms with Crippen LogP contribution in [0.1, 0.15) is 90.9 Å². The Morgan fingerprint density at radius 1 is 0.840 bits per heavy atom. The van der Waals surface area contributed by atoms with Crippen LogP contribution in [0.3, 0.4) is 0 Å². The Morgan fingerprint density at radius 2 is 1.32 bits per heavy atom. The predicted octanol–water partition coefficient (Wildman–Crippen LogP) is 3.67. The van der Waals surface area contributed by atoms with Gasteiger partial charge in [-0.25, -0.2) is 0 Å². The highest BCUT2D eigenvalue weighted by Crippen LogP contribution is 2.06. The average molecular weight is 363 g/mol. The molecule has 25 heavy (non-hydrogen) atoms. The van der Waals surface area contributed by atoms with E-state index in [9.17, 15) is 9.59 Å². The Morgan fingerprint density at radius 3 is 1.76 bits per heavy atom. The summed E-state index contributed by atoms with van der Waals surface area (Å²) in [4.78, 5) is 21.1. The molecule has 1 atom stereocenters. The van der Waals surface area contributed by atoms with Crippen LogP contribution >= 0.6 is 0 Å². The first-order valence-corrected chi connectivity index (χ1v) is 9.64. The predicted molar refractivity (Wildman–Crippen MR) is 98.4 cm³/mol. The van der Waals surface area contributed by atoms with Crippen LogP contribution in [-0.2, 0) is 14.3 Å². The van der Waals surface area contributed by atoms with Gasteiger partial charge in [0.25, 0.3) is 0 Å². The van der Waals surface area contributed by atoms with Crippen LogP contribution in [0.15, 0.2) is 0 Å². The lowest BCUT2D eigenvalue weighted by Crippen LogP contribution is -2.21. The topological polar surface area (TPSA) is 104 Å². The molecule has 0 spiro atoms. The average Bonchev–Trinajstić information content (AvgIpc) is 2.59. The van der Waals surface area contributed by atoms with Gasteiger partial charge in [0.15, 0.2) is 0 Å². The van der Waals surface area contributed by atoms with Crippen LogP contribution in [-0.4, -0.2) is 46.6 Å². The number of hydrogen-bond acceptors (Lipinski definition) is 5. The molecule has 0 aliphatic rings. The van der Waals surface area contributed by atoms with Crippen LogP contribution in [0.5, 0.6) is 0 Å². The molecule has 0 aromatic carbocycles. The lowest BCUT2D eigenvalue weighted by atomic mass is 10.1. The molecular weight excluding hydrogens is 324 g/mol. The highest BCUT2D eigenvalue weighted by atomic mass is 16.5. The Bertz CT molecular complexity index is 306. The third kappa shape index (κ3) is 25.2. The van der Waals surface area contributed by atoms with E-state index in [0.29, 0.717) is 12.8 Å².